The van der Waals surface area contributed by atoms with Crippen molar-refractivity contribution in [3.63, 3.8) is 0 Å². The molecule has 0 N–H and O–H groups in total. The van der Waals surface area contributed by atoms with Gasteiger partial charge in [-0.05, 0) is 66.5 Å². The van der Waals surface area contributed by atoms with Crippen LogP contribution in [0.5, 0.6) is 0 Å². The van der Waals surface area contributed by atoms with Crippen LogP contribution in [0.1, 0.15) is 84.3 Å². The molecule has 2 unspecified atom stereocenters. The van der Waals surface area contributed by atoms with Gasteiger partial charge in [0.15, 0.2) is 5.01 Å². The molecule has 3 heterocycles. The lowest BCUT2D eigenvalue weighted by Gasteiger charge is -2.24. The van der Waals surface area contributed by atoms with Crippen LogP contribution in [0.15, 0.2) is 12.3 Å². The van der Waals surface area contributed by atoms with Gasteiger partial charge in [-0.2, -0.15) is 0 Å². The second-order valence-corrected chi connectivity index (χ2v) is 10.8. The molecule has 0 aliphatic carbocycles. The zero-order valence-electron chi connectivity index (χ0n) is 21.5. The first-order valence-corrected chi connectivity index (χ1v) is 13.0. The van der Waals surface area contributed by atoms with Gasteiger partial charge in [-0.15, -0.1) is 10.2 Å². The minimum atomic E-state index is -0.318. The Balaban J connectivity index is 0.000000462. The van der Waals surface area contributed by atoms with Gasteiger partial charge in [-0.1, -0.05) is 50.1 Å². The van der Waals surface area contributed by atoms with Crippen molar-refractivity contribution in [1.29, 1.82) is 0 Å². The Bertz CT molecular complexity index is 838. The van der Waals surface area contributed by atoms with Crippen LogP contribution in [0.4, 0.5) is 0 Å². The molecule has 0 bridgehead atoms. The molecule has 33 heavy (non-hydrogen) atoms. The number of aryl methyl sites for hydroxylation is 2. The number of rotatable bonds is 6. The maximum atomic E-state index is 9.60. The monoisotopic (exact) mass is 496 g/mol. The number of carbonyl (C=O) groups excluding carboxylic acids is 1. The Labute approximate surface area is 209 Å². The second-order valence-electron chi connectivity index (χ2n) is 9.34. The smallest absolute Gasteiger partial charge is 0.293 e. The van der Waals surface area contributed by atoms with Gasteiger partial charge in [0.05, 0.1) is 5.02 Å². The van der Waals surface area contributed by atoms with Crippen LogP contribution in [0.2, 0.25) is 5.02 Å². The predicted octanol–water partition coefficient (Wildman–Crippen LogP) is 6.74. The molecule has 0 amide bonds. The van der Waals surface area contributed by atoms with Gasteiger partial charge in [0.2, 0.25) is 0 Å². The van der Waals surface area contributed by atoms with Gasteiger partial charge in [0, 0.05) is 36.0 Å². The Kier molecular flexibility index (Phi) is 13.1. The molecule has 6 nitrogen and oxygen atoms in total. The fraction of sp³-hybridized carbons (Fsp3) is 0.680. The van der Waals surface area contributed by atoms with E-state index in [2.05, 4.69) is 52.6 Å². The van der Waals surface area contributed by atoms with Crippen LogP contribution in [-0.4, -0.2) is 51.3 Å². The summed E-state index contributed by atoms with van der Waals surface area (Å²) in [6.45, 7) is 14.4. The third kappa shape index (κ3) is 10.5. The zero-order chi connectivity index (χ0) is 25.0. The number of hydrogen-bond donors (Lipinski definition) is 0. The van der Waals surface area contributed by atoms with E-state index in [1.807, 2.05) is 33.8 Å². The number of pyridine rings is 1. The van der Waals surface area contributed by atoms with E-state index in [-0.39, 0.29) is 5.60 Å². The summed E-state index contributed by atoms with van der Waals surface area (Å²) in [7, 11) is 2.26. The highest BCUT2D eigenvalue weighted by Crippen LogP contribution is 2.32. The van der Waals surface area contributed by atoms with E-state index >= 15 is 0 Å². The number of nitrogens with zero attached hydrogens (tertiary/aromatic N) is 4. The first-order chi connectivity index (χ1) is 15.6. The number of hydrogen-bond acceptors (Lipinski definition) is 7. The maximum absolute atomic E-state index is 9.60. The summed E-state index contributed by atoms with van der Waals surface area (Å²) in [6, 6.07) is 3.30. The van der Waals surface area contributed by atoms with Crippen molar-refractivity contribution in [1.82, 2.24) is 20.1 Å². The minimum absolute atomic E-state index is 0.318. The SMILES string of the molecule is CC(C)(C)OC=O.CCC.CCC1CCC(CCc2nnc(-c3cnc(C)cc3Cl)s2)N1C. The normalized spacial score (nSPS) is 18.1. The maximum Gasteiger partial charge on any atom is 0.293 e. The van der Waals surface area contributed by atoms with Gasteiger partial charge in [-0.25, -0.2) is 0 Å². The molecule has 0 spiro atoms. The fourth-order valence-corrected chi connectivity index (χ4v) is 4.74. The van der Waals surface area contributed by atoms with Gasteiger partial charge in [-0.3, -0.25) is 9.78 Å². The Hall–Kier alpha value is -1.57. The molecule has 2 aromatic rings. The lowest BCUT2D eigenvalue weighted by atomic mass is 10.1. The molecule has 1 aliphatic rings. The largest absolute Gasteiger partial charge is 0.462 e. The summed E-state index contributed by atoms with van der Waals surface area (Å²) >= 11 is 7.93. The molecule has 1 saturated heterocycles. The van der Waals surface area contributed by atoms with Crippen molar-refractivity contribution in [3.8, 4) is 10.6 Å². The number of ether oxygens (including phenoxy) is 1. The summed E-state index contributed by atoms with van der Waals surface area (Å²) in [6.07, 6.45) is 9.05. The average molecular weight is 497 g/mol. The molecule has 3 rings (SSSR count). The van der Waals surface area contributed by atoms with Crippen molar-refractivity contribution in [2.24, 2.45) is 0 Å². The van der Waals surface area contributed by atoms with Crippen LogP contribution < -0.4 is 0 Å². The molecule has 1 aliphatic heterocycles. The molecule has 0 radical (unpaired) electrons. The van der Waals surface area contributed by atoms with E-state index in [0.29, 0.717) is 17.5 Å². The lowest BCUT2D eigenvalue weighted by molar-refractivity contribution is -0.138. The van der Waals surface area contributed by atoms with Crippen LogP contribution in [0, 0.1) is 6.92 Å². The standard InChI is InChI=1S/C17H23ClN4S.C5H10O2.C3H8/c1-4-12-5-6-13(22(12)3)7-8-16-20-21-17(23-16)14-10-19-11(2)9-15(14)18;1-5(2,3)7-4-6;1-3-2/h9-10,12-13H,4-8H2,1-3H3;4H,1-3H3;3H2,1-2H3. The van der Waals surface area contributed by atoms with Crippen molar-refractivity contribution in [2.75, 3.05) is 7.05 Å². The van der Waals surface area contributed by atoms with Gasteiger partial charge >= 0.3 is 0 Å². The predicted molar refractivity (Wildman–Crippen MR) is 139 cm³/mol. The molecule has 2 aromatic heterocycles. The second kappa shape index (κ2) is 14.6. The number of aromatic nitrogens is 3. The summed E-state index contributed by atoms with van der Waals surface area (Å²) in [4.78, 5) is 16.5. The molecule has 186 valence electrons. The quantitative estimate of drug-likeness (QED) is 0.412. The Morgan fingerprint density at radius 2 is 1.85 bits per heavy atom. The van der Waals surface area contributed by atoms with E-state index in [0.717, 1.165) is 40.2 Å². The molecule has 0 saturated carbocycles. The van der Waals surface area contributed by atoms with Crippen molar-refractivity contribution in [3.05, 3.63) is 28.0 Å². The summed E-state index contributed by atoms with van der Waals surface area (Å²) in [5, 5.41) is 11.3. The van der Waals surface area contributed by atoms with Crippen molar-refractivity contribution >= 4 is 29.4 Å². The third-order valence-electron chi connectivity index (χ3n) is 5.24. The Morgan fingerprint density at radius 1 is 1.21 bits per heavy atom. The number of carbonyl (C=O) groups is 1. The lowest BCUT2D eigenvalue weighted by Crippen LogP contribution is -2.32. The average Bonchev–Trinajstić information content (AvgIpc) is 3.33. The first-order valence-electron chi connectivity index (χ1n) is 11.8. The molecule has 8 heteroatoms. The topological polar surface area (TPSA) is 68.2 Å². The Morgan fingerprint density at radius 3 is 2.33 bits per heavy atom. The van der Waals surface area contributed by atoms with Crippen molar-refractivity contribution in [2.45, 2.75) is 105 Å². The number of halogens is 1. The summed E-state index contributed by atoms with van der Waals surface area (Å²) in [5.74, 6) is 0. The van der Waals surface area contributed by atoms with Crippen LogP contribution in [0.25, 0.3) is 10.6 Å². The van der Waals surface area contributed by atoms with E-state index in [4.69, 9.17) is 11.6 Å². The van der Waals surface area contributed by atoms with E-state index in [9.17, 15) is 4.79 Å². The highest BCUT2D eigenvalue weighted by molar-refractivity contribution is 7.14. The van der Waals surface area contributed by atoms with Gasteiger partial charge in [0.25, 0.3) is 6.47 Å². The van der Waals surface area contributed by atoms with Gasteiger partial charge in [0.1, 0.15) is 10.6 Å². The van der Waals surface area contributed by atoms with Crippen LogP contribution in [-0.2, 0) is 16.0 Å². The molecule has 1 fully saturated rings. The van der Waals surface area contributed by atoms with E-state index < -0.39 is 0 Å². The third-order valence-corrected chi connectivity index (χ3v) is 6.57. The molecule has 2 atom stereocenters. The highest BCUT2D eigenvalue weighted by atomic mass is 35.5. The molecular formula is C25H41ClN4O2S. The molecule has 0 aromatic carbocycles. The number of likely N-dealkylation sites (tertiary alicyclic amines) is 1. The summed E-state index contributed by atoms with van der Waals surface area (Å²) in [5.41, 5.74) is 1.48. The van der Waals surface area contributed by atoms with Crippen molar-refractivity contribution < 1.29 is 9.53 Å². The van der Waals surface area contributed by atoms with E-state index in [1.165, 1.54) is 25.7 Å². The molecular weight excluding hydrogens is 456 g/mol. The zero-order valence-corrected chi connectivity index (χ0v) is 23.1. The minimum Gasteiger partial charge on any atom is -0.462 e. The van der Waals surface area contributed by atoms with Gasteiger partial charge < -0.3 is 9.64 Å². The fourth-order valence-electron chi connectivity index (χ4n) is 3.51. The van der Waals surface area contributed by atoms with E-state index in [1.54, 1.807) is 17.5 Å². The van der Waals surface area contributed by atoms with Crippen LogP contribution >= 0.6 is 22.9 Å². The highest BCUT2D eigenvalue weighted by Gasteiger charge is 2.28. The summed E-state index contributed by atoms with van der Waals surface area (Å²) < 4.78 is 4.55. The first kappa shape index (κ1) is 29.5. The van der Waals surface area contributed by atoms with Crippen LogP contribution in [0.3, 0.4) is 0 Å².